The van der Waals surface area contributed by atoms with E-state index in [1.165, 1.54) is 42.4 Å². The third-order valence-corrected chi connectivity index (χ3v) is 3.35. The Morgan fingerprint density at radius 1 is 1.18 bits per heavy atom. The van der Waals surface area contributed by atoms with Crippen molar-refractivity contribution in [1.29, 1.82) is 0 Å². The van der Waals surface area contributed by atoms with Crippen LogP contribution in [-0.4, -0.2) is 0 Å². The minimum Gasteiger partial charge on any atom is -0.271 e. The minimum atomic E-state index is 0.299. The van der Waals surface area contributed by atoms with E-state index in [9.17, 15) is 0 Å². The van der Waals surface area contributed by atoms with Crippen molar-refractivity contribution in [3.05, 3.63) is 34.9 Å². The monoisotopic (exact) mass is 234 g/mol. The van der Waals surface area contributed by atoms with Crippen LogP contribution in [0.3, 0.4) is 0 Å². The van der Waals surface area contributed by atoms with Gasteiger partial charge in [-0.1, -0.05) is 56.4 Å². The van der Waals surface area contributed by atoms with Crippen LogP contribution in [0.2, 0.25) is 0 Å². The maximum Gasteiger partial charge on any atom is 0.0462 e. The van der Waals surface area contributed by atoms with Crippen LogP contribution in [0.15, 0.2) is 18.2 Å². The molecule has 2 heteroatoms. The lowest BCUT2D eigenvalue weighted by molar-refractivity contribution is 0.480. The van der Waals surface area contributed by atoms with Gasteiger partial charge in [-0.3, -0.25) is 11.3 Å². The lowest BCUT2D eigenvalue weighted by Gasteiger charge is -2.19. The van der Waals surface area contributed by atoms with Crippen LogP contribution in [0.1, 0.15) is 61.8 Å². The second-order valence-electron chi connectivity index (χ2n) is 4.93. The Morgan fingerprint density at radius 3 is 2.53 bits per heavy atom. The molecule has 1 rings (SSSR count). The van der Waals surface area contributed by atoms with Crippen molar-refractivity contribution in [2.45, 2.75) is 58.9 Å². The summed E-state index contributed by atoms with van der Waals surface area (Å²) < 4.78 is 0. The zero-order valence-electron chi connectivity index (χ0n) is 11.4. The van der Waals surface area contributed by atoms with Crippen LogP contribution in [-0.2, 0) is 0 Å². The minimum absolute atomic E-state index is 0.299. The Balaban J connectivity index is 2.59. The number of rotatable bonds is 7. The number of hydrogen-bond donors (Lipinski definition) is 2. The predicted octanol–water partition coefficient (Wildman–Crippen LogP) is 3.78. The molecular formula is C15H26N2. The molecule has 0 saturated carbocycles. The van der Waals surface area contributed by atoms with Gasteiger partial charge in [0.05, 0.1) is 0 Å². The lowest BCUT2D eigenvalue weighted by atomic mass is 9.95. The second kappa shape index (κ2) is 7.46. The first-order chi connectivity index (χ1) is 8.19. The summed E-state index contributed by atoms with van der Waals surface area (Å²) in [7, 11) is 0. The molecule has 1 atom stereocenters. The van der Waals surface area contributed by atoms with Crippen molar-refractivity contribution < 1.29 is 0 Å². The highest BCUT2D eigenvalue weighted by molar-refractivity contribution is 5.32. The Hall–Kier alpha value is -0.860. The van der Waals surface area contributed by atoms with Gasteiger partial charge in [-0.05, 0) is 31.4 Å². The summed E-state index contributed by atoms with van der Waals surface area (Å²) in [5, 5.41) is 0. The molecule has 0 bridgehead atoms. The van der Waals surface area contributed by atoms with Gasteiger partial charge in [-0.25, -0.2) is 0 Å². The van der Waals surface area contributed by atoms with Crippen LogP contribution in [0.25, 0.3) is 0 Å². The highest BCUT2D eigenvalue weighted by Gasteiger charge is 2.11. The third kappa shape index (κ3) is 4.49. The SMILES string of the molecule is CCCCCCC(NN)c1ccc(C)cc1C. The number of aryl methyl sites for hydroxylation is 2. The smallest absolute Gasteiger partial charge is 0.0462 e. The van der Waals surface area contributed by atoms with Gasteiger partial charge in [0, 0.05) is 6.04 Å². The van der Waals surface area contributed by atoms with Crippen LogP contribution in [0.5, 0.6) is 0 Å². The van der Waals surface area contributed by atoms with E-state index in [2.05, 4.69) is 44.4 Å². The molecule has 2 nitrogen and oxygen atoms in total. The van der Waals surface area contributed by atoms with E-state index >= 15 is 0 Å². The van der Waals surface area contributed by atoms with E-state index in [1.807, 2.05) is 0 Å². The maximum atomic E-state index is 5.68. The topological polar surface area (TPSA) is 38.0 Å². The Kier molecular flexibility index (Phi) is 6.23. The van der Waals surface area contributed by atoms with Crippen molar-refractivity contribution in [2.75, 3.05) is 0 Å². The van der Waals surface area contributed by atoms with Crippen molar-refractivity contribution in [3.8, 4) is 0 Å². The number of nitrogens with one attached hydrogen (secondary N) is 1. The van der Waals surface area contributed by atoms with Crippen molar-refractivity contribution in [2.24, 2.45) is 5.84 Å². The molecule has 0 heterocycles. The number of unbranched alkanes of at least 4 members (excludes halogenated alkanes) is 3. The molecule has 3 N–H and O–H groups in total. The Bertz CT molecular complexity index is 334. The molecule has 0 fully saturated rings. The van der Waals surface area contributed by atoms with Crippen LogP contribution in [0.4, 0.5) is 0 Å². The van der Waals surface area contributed by atoms with E-state index in [1.54, 1.807) is 0 Å². The lowest BCUT2D eigenvalue weighted by Crippen LogP contribution is -2.28. The van der Waals surface area contributed by atoms with Crippen molar-refractivity contribution in [1.82, 2.24) is 5.43 Å². The fraction of sp³-hybridized carbons (Fsp3) is 0.600. The van der Waals surface area contributed by atoms with Gasteiger partial charge in [0.15, 0.2) is 0 Å². The van der Waals surface area contributed by atoms with Crippen molar-refractivity contribution >= 4 is 0 Å². The molecule has 96 valence electrons. The summed E-state index contributed by atoms with van der Waals surface area (Å²) in [6.45, 7) is 6.53. The number of nitrogens with two attached hydrogens (primary N) is 1. The predicted molar refractivity (Wildman–Crippen MR) is 74.7 cm³/mol. The van der Waals surface area contributed by atoms with E-state index in [0.717, 1.165) is 6.42 Å². The summed E-state index contributed by atoms with van der Waals surface area (Å²) in [6, 6.07) is 6.90. The molecule has 0 aliphatic rings. The van der Waals surface area contributed by atoms with Gasteiger partial charge in [0.25, 0.3) is 0 Å². The van der Waals surface area contributed by atoms with Gasteiger partial charge in [0.2, 0.25) is 0 Å². The van der Waals surface area contributed by atoms with E-state index < -0.39 is 0 Å². The first-order valence-electron chi connectivity index (χ1n) is 6.72. The van der Waals surface area contributed by atoms with Gasteiger partial charge in [0.1, 0.15) is 0 Å². The average Bonchev–Trinajstić information content (AvgIpc) is 2.31. The van der Waals surface area contributed by atoms with E-state index in [4.69, 9.17) is 5.84 Å². The highest BCUT2D eigenvalue weighted by atomic mass is 15.2. The normalized spacial score (nSPS) is 12.7. The summed E-state index contributed by atoms with van der Waals surface area (Å²) in [5.74, 6) is 5.68. The quantitative estimate of drug-likeness (QED) is 0.428. The fourth-order valence-corrected chi connectivity index (χ4v) is 2.32. The molecule has 0 radical (unpaired) electrons. The summed E-state index contributed by atoms with van der Waals surface area (Å²) >= 11 is 0. The molecule has 0 amide bonds. The largest absolute Gasteiger partial charge is 0.271 e. The zero-order valence-corrected chi connectivity index (χ0v) is 11.4. The molecule has 1 unspecified atom stereocenters. The van der Waals surface area contributed by atoms with Crippen molar-refractivity contribution in [3.63, 3.8) is 0 Å². The van der Waals surface area contributed by atoms with E-state index in [-0.39, 0.29) is 0 Å². The number of hydrogen-bond acceptors (Lipinski definition) is 2. The first kappa shape index (κ1) is 14.2. The van der Waals surface area contributed by atoms with Crippen LogP contribution < -0.4 is 11.3 Å². The average molecular weight is 234 g/mol. The molecule has 0 aromatic heterocycles. The zero-order chi connectivity index (χ0) is 12.7. The Morgan fingerprint density at radius 2 is 1.94 bits per heavy atom. The molecule has 1 aromatic carbocycles. The van der Waals surface area contributed by atoms with E-state index in [0.29, 0.717) is 6.04 Å². The second-order valence-corrected chi connectivity index (χ2v) is 4.93. The molecule has 0 aliphatic heterocycles. The first-order valence-corrected chi connectivity index (χ1v) is 6.72. The fourth-order valence-electron chi connectivity index (χ4n) is 2.32. The molecule has 0 aliphatic carbocycles. The summed E-state index contributed by atoms with van der Waals surface area (Å²) in [6.07, 6.45) is 6.28. The van der Waals surface area contributed by atoms with Gasteiger partial charge >= 0.3 is 0 Å². The third-order valence-electron chi connectivity index (χ3n) is 3.35. The van der Waals surface area contributed by atoms with Gasteiger partial charge in [-0.2, -0.15) is 0 Å². The number of benzene rings is 1. The van der Waals surface area contributed by atoms with Crippen LogP contribution in [0, 0.1) is 13.8 Å². The molecule has 0 spiro atoms. The molecule has 0 saturated heterocycles. The molecular weight excluding hydrogens is 208 g/mol. The standard InChI is InChI=1S/C15H26N2/c1-4-5-6-7-8-15(17-16)14-10-9-12(2)11-13(14)3/h9-11,15,17H,4-8,16H2,1-3H3. The molecule has 1 aromatic rings. The summed E-state index contributed by atoms with van der Waals surface area (Å²) in [5.41, 5.74) is 6.95. The molecule has 17 heavy (non-hydrogen) atoms. The highest BCUT2D eigenvalue weighted by Crippen LogP contribution is 2.23. The van der Waals surface area contributed by atoms with Crippen LogP contribution >= 0.6 is 0 Å². The van der Waals surface area contributed by atoms with Gasteiger partial charge < -0.3 is 0 Å². The number of hydrazine groups is 1. The summed E-state index contributed by atoms with van der Waals surface area (Å²) in [4.78, 5) is 0. The van der Waals surface area contributed by atoms with Gasteiger partial charge in [-0.15, -0.1) is 0 Å². The Labute approximate surface area is 106 Å². The maximum absolute atomic E-state index is 5.68.